The van der Waals surface area contributed by atoms with E-state index in [1.807, 2.05) is 13.0 Å². The van der Waals surface area contributed by atoms with Crippen LogP contribution in [-0.4, -0.2) is 23.5 Å². The zero-order valence-corrected chi connectivity index (χ0v) is 12.8. The van der Waals surface area contributed by atoms with Crippen LogP contribution < -0.4 is 5.32 Å². The minimum absolute atomic E-state index is 0.148. The quantitative estimate of drug-likeness (QED) is 0.878. The Labute approximate surface area is 123 Å². The molecule has 0 bridgehead atoms. The van der Waals surface area contributed by atoms with Crippen LogP contribution in [0.3, 0.4) is 0 Å². The van der Waals surface area contributed by atoms with E-state index in [9.17, 15) is 14.7 Å². The van der Waals surface area contributed by atoms with Gasteiger partial charge in [-0.2, -0.15) is 0 Å². The van der Waals surface area contributed by atoms with Crippen molar-refractivity contribution in [3.63, 3.8) is 0 Å². The summed E-state index contributed by atoms with van der Waals surface area (Å²) in [5, 5.41) is 12.0. The van der Waals surface area contributed by atoms with Crippen LogP contribution in [0.4, 0.5) is 0 Å². The number of aryl methyl sites for hydroxylation is 2. The Kier molecular flexibility index (Phi) is 4.48. The number of aliphatic carboxylic acids is 1. The molecule has 1 atom stereocenters. The van der Waals surface area contributed by atoms with Gasteiger partial charge in [-0.15, -0.1) is 11.3 Å². The van der Waals surface area contributed by atoms with Gasteiger partial charge in [-0.25, -0.2) is 0 Å². The van der Waals surface area contributed by atoms with Gasteiger partial charge < -0.3 is 10.4 Å². The van der Waals surface area contributed by atoms with Gasteiger partial charge in [0.25, 0.3) is 5.91 Å². The van der Waals surface area contributed by atoms with E-state index in [1.54, 1.807) is 18.3 Å². The van der Waals surface area contributed by atoms with Gasteiger partial charge in [-0.1, -0.05) is 6.92 Å². The van der Waals surface area contributed by atoms with Crippen molar-refractivity contribution in [2.45, 2.75) is 46.0 Å². The van der Waals surface area contributed by atoms with Gasteiger partial charge in [-0.05, 0) is 50.7 Å². The van der Waals surface area contributed by atoms with Crippen LogP contribution in [0.15, 0.2) is 6.07 Å². The Hall–Kier alpha value is -1.36. The van der Waals surface area contributed by atoms with Gasteiger partial charge in [0.05, 0.1) is 10.3 Å². The average Bonchev–Trinajstić information content (AvgIpc) is 2.88. The molecule has 1 aliphatic carbocycles. The molecule has 4 nitrogen and oxygen atoms in total. The standard InChI is InChI=1S/C15H21NO3S/c1-3-15(2,14(18)19)9-16-13(17)12-8-10-6-4-5-7-11(10)20-12/h8H,3-7,9H2,1-2H3,(H,16,17)(H,18,19). The Bertz CT molecular complexity index is 500. The van der Waals surface area contributed by atoms with Gasteiger partial charge in [0.1, 0.15) is 0 Å². The van der Waals surface area contributed by atoms with E-state index >= 15 is 0 Å². The minimum atomic E-state index is -0.896. The van der Waals surface area contributed by atoms with Crippen LogP contribution in [0.2, 0.25) is 0 Å². The third kappa shape index (κ3) is 3.03. The van der Waals surface area contributed by atoms with Crippen LogP contribution in [0.25, 0.3) is 0 Å². The predicted octanol–water partition coefficient (Wildman–Crippen LogP) is 2.86. The van der Waals surface area contributed by atoms with Gasteiger partial charge in [0, 0.05) is 11.4 Å². The molecule has 0 spiro atoms. The number of amides is 1. The van der Waals surface area contributed by atoms with Crippen LogP contribution in [-0.2, 0) is 17.6 Å². The fraction of sp³-hybridized carbons (Fsp3) is 0.600. The van der Waals surface area contributed by atoms with Gasteiger partial charge in [0.15, 0.2) is 0 Å². The van der Waals surface area contributed by atoms with Crippen molar-refractivity contribution >= 4 is 23.2 Å². The molecule has 0 aliphatic heterocycles. The number of carbonyl (C=O) groups excluding carboxylic acids is 1. The maximum Gasteiger partial charge on any atom is 0.311 e. The lowest BCUT2D eigenvalue weighted by atomic mass is 9.88. The molecular weight excluding hydrogens is 274 g/mol. The summed E-state index contributed by atoms with van der Waals surface area (Å²) >= 11 is 1.55. The number of hydrogen-bond donors (Lipinski definition) is 2. The number of hydrogen-bond acceptors (Lipinski definition) is 3. The van der Waals surface area contributed by atoms with E-state index in [-0.39, 0.29) is 12.5 Å². The SMILES string of the molecule is CCC(C)(CNC(=O)c1cc2c(s1)CCCC2)C(=O)O. The largest absolute Gasteiger partial charge is 0.481 e. The summed E-state index contributed by atoms with van der Waals surface area (Å²) in [4.78, 5) is 25.4. The summed E-state index contributed by atoms with van der Waals surface area (Å²) in [5.74, 6) is -1.02. The molecule has 1 unspecified atom stereocenters. The third-order valence-corrected chi connectivity index (χ3v) is 5.39. The number of fused-ring (bicyclic) bond motifs is 1. The maximum atomic E-state index is 12.2. The minimum Gasteiger partial charge on any atom is -0.481 e. The highest BCUT2D eigenvalue weighted by atomic mass is 32.1. The molecule has 0 saturated heterocycles. The first-order valence-corrected chi connectivity index (χ1v) is 7.91. The highest BCUT2D eigenvalue weighted by Gasteiger charge is 2.31. The van der Waals surface area contributed by atoms with Crippen molar-refractivity contribution in [3.05, 3.63) is 21.4 Å². The van der Waals surface area contributed by atoms with Crippen molar-refractivity contribution in [3.8, 4) is 0 Å². The number of carbonyl (C=O) groups is 2. The molecule has 1 aromatic rings. The summed E-state index contributed by atoms with van der Waals surface area (Å²) in [5.41, 5.74) is 0.398. The second-order valence-electron chi connectivity index (χ2n) is 5.67. The summed E-state index contributed by atoms with van der Waals surface area (Å²) in [7, 11) is 0. The number of carboxylic acid groups (broad SMARTS) is 1. The first kappa shape index (κ1) is 15.0. The molecule has 1 heterocycles. The van der Waals surface area contributed by atoms with Crippen LogP contribution in [0, 0.1) is 5.41 Å². The van der Waals surface area contributed by atoms with Crippen molar-refractivity contribution in [2.24, 2.45) is 5.41 Å². The fourth-order valence-electron chi connectivity index (χ4n) is 2.32. The molecule has 110 valence electrons. The van der Waals surface area contributed by atoms with E-state index in [2.05, 4.69) is 5.32 Å². The fourth-order valence-corrected chi connectivity index (χ4v) is 3.49. The highest BCUT2D eigenvalue weighted by Crippen LogP contribution is 2.29. The Balaban J connectivity index is 2.02. The Morgan fingerprint density at radius 1 is 1.40 bits per heavy atom. The maximum absolute atomic E-state index is 12.2. The van der Waals surface area contributed by atoms with Gasteiger partial charge in [-0.3, -0.25) is 9.59 Å². The summed E-state index contributed by atoms with van der Waals surface area (Å²) in [6.45, 7) is 3.65. The molecular formula is C15H21NO3S. The monoisotopic (exact) mass is 295 g/mol. The summed E-state index contributed by atoms with van der Waals surface area (Å²) in [6.07, 6.45) is 5.00. The van der Waals surface area contributed by atoms with Crippen LogP contribution >= 0.6 is 11.3 Å². The second kappa shape index (κ2) is 5.95. The third-order valence-electron chi connectivity index (χ3n) is 4.16. The molecule has 5 heteroatoms. The van der Waals surface area contributed by atoms with E-state index < -0.39 is 11.4 Å². The van der Waals surface area contributed by atoms with Crippen molar-refractivity contribution in [1.29, 1.82) is 0 Å². The number of thiophene rings is 1. The smallest absolute Gasteiger partial charge is 0.311 e. The summed E-state index contributed by atoms with van der Waals surface area (Å²) < 4.78 is 0. The van der Waals surface area contributed by atoms with Crippen LogP contribution in [0.5, 0.6) is 0 Å². The van der Waals surface area contributed by atoms with Crippen molar-refractivity contribution in [1.82, 2.24) is 5.32 Å². The first-order chi connectivity index (χ1) is 9.46. The van der Waals surface area contributed by atoms with E-state index in [1.165, 1.54) is 23.3 Å². The number of rotatable bonds is 5. The van der Waals surface area contributed by atoms with Gasteiger partial charge >= 0.3 is 5.97 Å². The number of nitrogens with one attached hydrogen (secondary N) is 1. The normalized spacial score (nSPS) is 17.1. The lowest BCUT2D eigenvalue weighted by Gasteiger charge is -2.22. The molecule has 2 rings (SSSR count). The zero-order valence-electron chi connectivity index (χ0n) is 12.0. The number of carboxylic acids is 1. The second-order valence-corrected chi connectivity index (χ2v) is 6.80. The zero-order chi connectivity index (χ0) is 14.8. The lowest BCUT2D eigenvalue weighted by molar-refractivity contribution is -0.147. The average molecular weight is 295 g/mol. The Morgan fingerprint density at radius 3 is 2.70 bits per heavy atom. The topological polar surface area (TPSA) is 66.4 Å². The van der Waals surface area contributed by atoms with Crippen LogP contribution in [0.1, 0.15) is 53.2 Å². The Morgan fingerprint density at radius 2 is 2.10 bits per heavy atom. The molecule has 0 aromatic carbocycles. The first-order valence-electron chi connectivity index (χ1n) is 7.09. The van der Waals surface area contributed by atoms with Crippen molar-refractivity contribution < 1.29 is 14.7 Å². The van der Waals surface area contributed by atoms with E-state index in [4.69, 9.17) is 0 Å². The lowest BCUT2D eigenvalue weighted by Crippen LogP contribution is -2.40. The predicted molar refractivity (Wildman–Crippen MR) is 79.3 cm³/mol. The molecule has 2 N–H and O–H groups in total. The van der Waals surface area contributed by atoms with E-state index in [0.717, 1.165) is 12.8 Å². The molecule has 1 amide bonds. The molecule has 1 aromatic heterocycles. The molecule has 0 saturated carbocycles. The van der Waals surface area contributed by atoms with E-state index in [0.29, 0.717) is 11.3 Å². The highest BCUT2D eigenvalue weighted by molar-refractivity contribution is 7.14. The summed E-state index contributed by atoms with van der Waals surface area (Å²) in [6, 6.07) is 1.97. The molecule has 20 heavy (non-hydrogen) atoms. The molecule has 0 radical (unpaired) electrons. The van der Waals surface area contributed by atoms with Gasteiger partial charge in [0.2, 0.25) is 0 Å². The van der Waals surface area contributed by atoms with Crippen molar-refractivity contribution in [2.75, 3.05) is 6.54 Å². The molecule has 1 aliphatic rings. The molecule has 0 fully saturated rings.